The molecule has 0 aliphatic rings. The van der Waals surface area contributed by atoms with Gasteiger partial charge in [0, 0.05) is 30.1 Å². The Balaban J connectivity index is 1.78. The van der Waals surface area contributed by atoms with Crippen molar-refractivity contribution in [3.05, 3.63) is 104 Å². The van der Waals surface area contributed by atoms with E-state index in [0.717, 1.165) is 0 Å². The van der Waals surface area contributed by atoms with Crippen molar-refractivity contribution in [2.75, 3.05) is 12.4 Å². The second kappa shape index (κ2) is 8.82. The van der Waals surface area contributed by atoms with E-state index in [1.165, 1.54) is 60.3 Å². The topological polar surface area (TPSA) is 121 Å². The van der Waals surface area contributed by atoms with Crippen LogP contribution in [0.5, 0.6) is 0 Å². The van der Waals surface area contributed by atoms with Crippen LogP contribution in [0.1, 0.15) is 26.3 Å². The van der Waals surface area contributed by atoms with E-state index < -0.39 is 16.8 Å². The number of nitro benzene ring substituents is 1. The number of nitrogens with zero attached hydrogens (tertiary/aromatic N) is 2. The molecule has 0 aliphatic carbocycles. The molecule has 0 saturated heterocycles. The van der Waals surface area contributed by atoms with Gasteiger partial charge in [0.25, 0.3) is 17.2 Å². The third-order valence-electron chi connectivity index (χ3n) is 4.28. The Morgan fingerprint density at radius 1 is 1.07 bits per heavy atom. The molecule has 0 saturated carbocycles. The van der Waals surface area contributed by atoms with E-state index in [4.69, 9.17) is 0 Å². The maximum atomic E-state index is 12.5. The molecule has 0 atom stereocenters. The van der Waals surface area contributed by atoms with Crippen molar-refractivity contribution in [1.29, 1.82) is 0 Å². The summed E-state index contributed by atoms with van der Waals surface area (Å²) in [6, 6.07) is 14.7. The van der Waals surface area contributed by atoms with Crippen molar-refractivity contribution in [2.24, 2.45) is 0 Å². The number of hydrogen-bond donors (Lipinski definition) is 1. The van der Waals surface area contributed by atoms with Gasteiger partial charge in [0.2, 0.25) is 0 Å². The first-order chi connectivity index (χ1) is 14.4. The predicted octanol–water partition coefficient (Wildman–Crippen LogP) is 2.84. The van der Waals surface area contributed by atoms with E-state index in [2.05, 4.69) is 10.1 Å². The van der Waals surface area contributed by atoms with Gasteiger partial charge >= 0.3 is 5.97 Å². The zero-order valence-corrected chi connectivity index (χ0v) is 15.9. The number of methoxy groups -OCH3 is 1. The van der Waals surface area contributed by atoms with Crippen LogP contribution in [0.2, 0.25) is 0 Å². The molecule has 0 bridgehead atoms. The molecule has 2 aromatic carbocycles. The standard InChI is InChI=1S/C21H17N3O6/c1-30-21(27)15-5-8-17(9-6-15)22-20(26)16-7-10-19(25)23(13-16)12-14-3-2-4-18(11-14)24(28)29/h2-11,13H,12H2,1H3,(H,22,26). The van der Waals surface area contributed by atoms with E-state index in [1.54, 1.807) is 18.2 Å². The highest BCUT2D eigenvalue weighted by Gasteiger charge is 2.11. The summed E-state index contributed by atoms with van der Waals surface area (Å²) in [5, 5.41) is 13.6. The van der Waals surface area contributed by atoms with Gasteiger partial charge in [-0.15, -0.1) is 0 Å². The van der Waals surface area contributed by atoms with Crippen LogP contribution in [0, 0.1) is 10.1 Å². The summed E-state index contributed by atoms with van der Waals surface area (Å²) < 4.78 is 5.92. The minimum atomic E-state index is -0.512. The highest BCUT2D eigenvalue weighted by atomic mass is 16.6. The molecular formula is C21H17N3O6. The summed E-state index contributed by atoms with van der Waals surface area (Å²) >= 11 is 0. The lowest BCUT2D eigenvalue weighted by molar-refractivity contribution is -0.384. The molecule has 1 heterocycles. The van der Waals surface area contributed by atoms with Crippen molar-refractivity contribution in [1.82, 2.24) is 4.57 Å². The number of non-ortho nitro benzene ring substituents is 1. The van der Waals surface area contributed by atoms with Crippen LogP contribution < -0.4 is 10.9 Å². The number of anilines is 1. The zero-order valence-electron chi connectivity index (χ0n) is 15.9. The molecule has 0 aliphatic heterocycles. The lowest BCUT2D eigenvalue weighted by Crippen LogP contribution is -2.22. The van der Waals surface area contributed by atoms with Gasteiger partial charge in [-0.2, -0.15) is 0 Å². The average molecular weight is 407 g/mol. The number of nitro groups is 1. The van der Waals surface area contributed by atoms with Gasteiger partial charge in [-0.3, -0.25) is 19.7 Å². The third kappa shape index (κ3) is 4.76. The zero-order chi connectivity index (χ0) is 21.7. The van der Waals surface area contributed by atoms with Crippen LogP contribution in [0.25, 0.3) is 0 Å². The maximum Gasteiger partial charge on any atom is 0.337 e. The third-order valence-corrected chi connectivity index (χ3v) is 4.28. The summed E-state index contributed by atoms with van der Waals surface area (Å²) in [4.78, 5) is 46.6. The highest BCUT2D eigenvalue weighted by molar-refractivity contribution is 6.04. The number of esters is 1. The predicted molar refractivity (Wildman–Crippen MR) is 109 cm³/mol. The van der Waals surface area contributed by atoms with Gasteiger partial charge in [-0.25, -0.2) is 4.79 Å². The number of nitrogens with one attached hydrogen (secondary N) is 1. The van der Waals surface area contributed by atoms with Gasteiger partial charge in [-0.1, -0.05) is 12.1 Å². The van der Waals surface area contributed by atoms with E-state index in [9.17, 15) is 24.5 Å². The Morgan fingerprint density at radius 2 is 1.77 bits per heavy atom. The van der Waals surface area contributed by atoms with E-state index in [-0.39, 0.29) is 23.4 Å². The fourth-order valence-electron chi connectivity index (χ4n) is 2.77. The van der Waals surface area contributed by atoms with Crippen LogP contribution in [-0.2, 0) is 11.3 Å². The number of carbonyl (C=O) groups excluding carboxylic acids is 2. The molecule has 0 fully saturated rings. The normalized spacial score (nSPS) is 10.3. The molecule has 1 aromatic heterocycles. The van der Waals surface area contributed by atoms with Crippen LogP contribution in [0.3, 0.4) is 0 Å². The lowest BCUT2D eigenvalue weighted by Gasteiger charge is -2.10. The van der Waals surface area contributed by atoms with Crippen LogP contribution >= 0.6 is 0 Å². The minimum Gasteiger partial charge on any atom is -0.465 e. The summed E-state index contributed by atoms with van der Waals surface area (Å²) in [7, 11) is 1.28. The number of amides is 1. The van der Waals surface area contributed by atoms with E-state index in [0.29, 0.717) is 16.8 Å². The Kier molecular flexibility index (Phi) is 6.02. The Bertz CT molecular complexity index is 1170. The van der Waals surface area contributed by atoms with Gasteiger partial charge in [0.1, 0.15) is 0 Å². The van der Waals surface area contributed by atoms with Gasteiger partial charge in [0.05, 0.1) is 29.7 Å². The number of aromatic nitrogens is 1. The van der Waals surface area contributed by atoms with E-state index >= 15 is 0 Å². The molecule has 152 valence electrons. The molecule has 0 radical (unpaired) electrons. The van der Waals surface area contributed by atoms with E-state index in [1.807, 2.05) is 0 Å². The highest BCUT2D eigenvalue weighted by Crippen LogP contribution is 2.15. The summed E-state index contributed by atoms with van der Waals surface area (Å²) in [6.45, 7) is 0.0788. The molecule has 0 unspecified atom stereocenters. The van der Waals surface area contributed by atoms with Crippen LogP contribution in [0.15, 0.2) is 71.7 Å². The second-order valence-corrected chi connectivity index (χ2v) is 6.33. The number of hydrogen-bond acceptors (Lipinski definition) is 6. The molecule has 1 N–H and O–H groups in total. The maximum absolute atomic E-state index is 12.5. The number of benzene rings is 2. The SMILES string of the molecule is COC(=O)c1ccc(NC(=O)c2ccc(=O)n(Cc3cccc([N+](=O)[O-])c3)c2)cc1. The number of pyridine rings is 1. The molecule has 3 aromatic rings. The average Bonchev–Trinajstić information content (AvgIpc) is 2.75. The summed E-state index contributed by atoms with van der Waals surface area (Å²) in [5.41, 5.74) is 1.18. The van der Waals surface area contributed by atoms with Crippen molar-refractivity contribution in [3.8, 4) is 0 Å². The van der Waals surface area contributed by atoms with Gasteiger partial charge in [-0.05, 0) is 35.9 Å². The molecule has 3 rings (SSSR count). The molecule has 9 heteroatoms. The van der Waals surface area contributed by atoms with Gasteiger partial charge < -0.3 is 14.6 Å². The molecule has 9 nitrogen and oxygen atoms in total. The van der Waals surface area contributed by atoms with Crippen molar-refractivity contribution < 1.29 is 19.2 Å². The number of carbonyl (C=O) groups is 2. The van der Waals surface area contributed by atoms with Crippen LogP contribution in [0.4, 0.5) is 11.4 Å². The Morgan fingerprint density at radius 3 is 2.43 bits per heavy atom. The Labute approximate surface area is 170 Å². The first-order valence-corrected chi connectivity index (χ1v) is 8.81. The quantitative estimate of drug-likeness (QED) is 0.381. The lowest BCUT2D eigenvalue weighted by atomic mass is 10.2. The van der Waals surface area contributed by atoms with Crippen molar-refractivity contribution >= 4 is 23.3 Å². The first-order valence-electron chi connectivity index (χ1n) is 8.81. The molecule has 30 heavy (non-hydrogen) atoms. The molecule has 0 spiro atoms. The minimum absolute atomic E-state index is 0.0788. The van der Waals surface area contributed by atoms with Crippen LogP contribution in [-0.4, -0.2) is 28.5 Å². The second-order valence-electron chi connectivity index (χ2n) is 6.33. The summed E-state index contributed by atoms with van der Waals surface area (Å²) in [6.07, 6.45) is 1.39. The van der Waals surface area contributed by atoms with Crippen molar-refractivity contribution in [3.63, 3.8) is 0 Å². The Hall–Kier alpha value is -4.27. The fraction of sp³-hybridized carbons (Fsp3) is 0.0952. The number of ether oxygens (including phenoxy) is 1. The summed E-state index contributed by atoms with van der Waals surface area (Å²) in [5.74, 6) is -0.935. The first kappa shape index (κ1) is 20.5. The molecule has 1 amide bonds. The molecular weight excluding hydrogens is 390 g/mol. The number of rotatable bonds is 6. The fourth-order valence-corrected chi connectivity index (χ4v) is 2.77. The van der Waals surface area contributed by atoms with Crippen molar-refractivity contribution in [2.45, 2.75) is 6.54 Å². The monoisotopic (exact) mass is 407 g/mol. The van der Waals surface area contributed by atoms with Gasteiger partial charge in [0.15, 0.2) is 0 Å². The largest absolute Gasteiger partial charge is 0.465 e. The smallest absolute Gasteiger partial charge is 0.337 e.